The van der Waals surface area contributed by atoms with Crippen LogP contribution in [-0.2, 0) is 14.8 Å². The highest BCUT2D eigenvalue weighted by Gasteiger charge is 2.13. The number of nitrogens with one attached hydrogen (secondary N) is 1. The molecule has 6 nitrogen and oxygen atoms in total. The van der Waals surface area contributed by atoms with E-state index in [9.17, 15) is 13.2 Å². The van der Waals surface area contributed by atoms with Gasteiger partial charge in [-0.2, -0.15) is 0 Å². The number of aryl methyl sites for hydroxylation is 1. The molecule has 0 aromatic heterocycles. The Bertz CT molecular complexity index is 570. The summed E-state index contributed by atoms with van der Waals surface area (Å²) in [5, 5.41) is 7.70. The Hall–Kier alpha value is -1.44. The van der Waals surface area contributed by atoms with Gasteiger partial charge in [0, 0.05) is 18.2 Å². The number of hydrogen-bond donors (Lipinski definition) is 3. The second-order valence-corrected chi connectivity index (χ2v) is 6.00. The first kappa shape index (κ1) is 15.6. The van der Waals surface area contributed by atoms with Crippen LogP contribution < -0.4 is 16.2 Å². The van der Waals surface area contributed by atoms with Gasteiger partial charge in [0.05, 0.1) is 4.90 Å². The summed E-state index contributed by atoms with van der Waals surface area (Å²) < 4.78 is 22.5. The van der Waals surface area contributed by atoms with E-state index in [1.54, 1.807) is 13.0 Å². The number of amides is 1. The Morgan fingerprint density at radius 2 is 2.05 bits per heavy atom. The molecule has 1 amide bonds. The second kappa shape index (κ2) is 6.14. The zero-order valence-electron chi connectivity index (χ0n) is 11.0. The van der Waals surface area contributed by atoms with Gasteiger partial charge in [-0.25, -0.2) is 13.6 Å². The summed E-state index contributed by atoms with van der Waals surface area (Å²) in [6, 6.07) is 4.13. The minimum atomic E-state index is -3.78. The molecule has 19 heavy (non-hydrogen) atoms. The van der Waals surface area contributed by atoms with E-state index in [4.69, 9.17) is 10.9 Å². The zero-order chi connectivity index (χ0) is 14.6. The third kappa shape index (κ3) is 4.62. The first-order valence-electron chi connectivity index (χ1n) is 5.93. The van der Waals surface area contributed by atoms with Crippen molar-refractivity contribution in [2.75, 3.05) is 5.32 Å². The van der Waals surface area contributed by atoms with Crippen LogP contribution in [0.1, 0.15) is 25.3 Å². The van der Waals surface area contributed by atoms with E-state index in [0.29, 0.717) is 12.1 Å². The number of rotatable bonds is 5. The van der Waals surface area contributed by atoms with E-state index in [-0.39, 0.29) is 23.3 Å². The highest BCUT2D eigenvalue weighted by Crippen LogP contribution is 2.19. The van der Waals surface area contributed by atoms with Crippen molar-refractivity contribution in [3.8, 4) is 0 Å². The molecule has 1 rings (SSSR count). The van der Waals surface area contributed by atoms with Crippen molar-refractivity contribution < 1.29 is 13.2 Å². The average molecular weight is 285 g/mol. The lowest BCUT2D eigenvalue weighted by Crippen LogP contribution is -2.26. The van der Waals surface area contributed by atoms with Gasteiger partial charge in [0.25, 0.3) is 0 Å². The van der Waals surface area contributed by atoms with E-state index >= 15 is 0 Å². The summed E-state index contributed by atoms with van der Waals surface area (Å²) in [7, 11) is -3.78. The maximum absolute atomic E-state index is 11.7. The smallest absolute Gasteiger partial charge is 0.238 e. The predicted octanol–water partition coefficient (Wildman–Crippen LogP) is 0.708. The Kier molecular flexibility index (Phi) is 5.04. The molecule has 0 spiro atoms. The molecule has 0 aliphatic heterocycles. The summed E-state index contributed by atoms with van der Waals surface area (Å²) >= 11 is 0. The Morgan fingerprint density at radius 1 is 1.42 bits per heavy atom. The molecule has 1 atom stereocenters. The fraction of sp³-hybridized carbons (Fsp3) is 0.417. The summed E-state index contributed by atoms with van der Waals surface area (Å²) in [6.07, 6.45) is 0.888. The van der Waals surface area contributed by atoms with Gasteiger partial charge in [0.1, 0.15) is 0 Å². The molecule has 0 aliphatic carbocycles. The van der Waals surface area contributed by atoms with Crippen molar-refractivity contribution in [1.82, 2.24) is 0 Å². The van der Waals surface area contributed by atoms with Gasteiger partial charge in [-0.15, -0.1) is 0 Å². The highest BCUT2D eigenvalue weighted by atomic mass is 32.2. The van der Waals surface area contributed by atoms with Crippen LogP contribution in [0.3, 0.4) is 0 Å². The molecular formula is C12H19N3O3S. The van der Waals surface area contributed by atoms with Crippen LogP contribution in [0.5, 0.6) is 0 Å². The monoisotopic (exact) mass is 285 g/mol. The minimum absolute atomic E-state index is 0.0341. The number of nitrogens with two attached hydrogens (primary N) is 2. The molecule has 1 aromatic carbocycles. The molecular weight excluding hydrogens is 266 g/mol. The van der Waals surface area contributed by atoms with Crippen LogP contribution in [0.4, 0.5) is 5.69 Å². The number of benzene rings is 1. The fourth-order valence-electron chi connectivity index (χ4n) is 1.50. The average Bonchev–Trinajstić information content (AvgIpc) is 2.30. The van der Waals surface area contributed by atoms with Crippen LogP contribution in [0.2, 0.25) is 0 Å². The summed E-state index contributed by atoms with van der Waals surface area (Å²) in [6.45, 7) is 3.66. The van der Waals surface area contributed by atoms with Gasteiger partial charge in [0.2, 0.25) is 15.9 Å². The quantitative estimate of drug-likeness (QED) is 0.738. The number of sulfonamides is 1. The van der Waals surface area contributed by atoms with Gasteiger partial charge < -0.3 is 11.1 Å². The van der Waals surface area contributed by atoms with Crippen LogP contribution >= 0.6 is 0 Å². The standard InChI is InChI=1S/C12H19N3O3S/c1-3-9(13)6-12(16)15-11-7-10(19(14,17)18)5-4-8(11)2/h4-5,7,9H,3,6,13H2,1-2H3,(H,15,16)(H2,14,17,18). The van der Waals surface area contributed by atoms with Crippen molar-refractivity contribution >= 4 is 21.6 Å². The van der Waals surface area contributed by atoms with E-state index in [1.165, 1.54) is 12.1 Å². The normalized spacial score (nSPS) is 13.1. The SMILES string of the molecule is CCC(N)CC(=O)Nc1cc(S(N)(=O)=O)ccc1C. The highest BCUT2D eigenvalue weighted by molar-refractivity contribution is 7.89. The number of anilines is 1. The third-order valence-electron chi connectivity index (χ3n) is 2.78. The van der Waals surface area contributed by atoms with Gasteiger partial charge in [-0.05, 0) is 31.0 Å². The lowest BCUT2D eigenvalue weighted by atomic mass is 10.1. The molecule has 1 unspecified atom stereocenters. The molecule has 0 saturated heterocycles. The number of hydrogen-bond acceptors (Lipinski definition) is 4. The fourth-order valence-corrected chi connectivity index (χ4v) is 2.04. The summed E-state index contributed by atoms with van der Waals surface area (Å²) in [5.41, 5.74) is 6.87. The largest absolute Gasteiger partial charge is 0.327 e. The lowest BCUT2D eigenvalue weighted by Gasteiger charge is -2.12. The van der Waals surface area contributed by atoms with Crippen molar-refractivity contribution in [3.63, 3.8) is 0 Å². The summed E-state index contributed by atoms with van der Waals surface area (Å²) in [5.74, 6) is -0.246. The molecule has 0 radical (unpaired) electrons. The zero-order valence-corrected chi connectivity index (χ0v) is 11.8. The van der Waals surface area contributed by atoms with Crippen LogP contribution in [0, 0.1) is 6.92 Å². The number of carbonyl (C=O) groups excluding carboxylic acids is 1. The molecule has 0 saturated carbocycles. The molecule has 0 fully saturated rings. The van der Waals surface area contributed by atoms with Crippen molar-refractivity contribution in [3.05, 3.63) is 23.8 Å². The lowest BCUT2D eigenvalue weighted by molar-refractivity contribution is -0.116. The van der Waals surface area contributed by atoms with Gasteiger partial charge in [-0.3, -0.25) is 4.79 Å². The number of primary sulfonamides is 1. The summed E-state index contributed by atoms with van der Waals surface area (Å²) in [4.78, 5) is 11.7. The van der Waals surface area contributed by atoms with Crippen molar-refractivity contribution in [2.24, 2.45) is 10.9 Å². The maximum atomic E-state index is 11.7. The third-order valence-corrected chi connectivity index (χ3v) is 3.69. The van der Waals surface area contributed by atoms with Crippen molar-refractivity contribution in [2.45, 2.75) is 37.6 Å². The Labute approximate surface area is 113 Å². The van der Waals surface area contributed by atoms with Crippen molar-refractivity contribution in [1.29, 1.82) is 0 Å². The molecule has 0 heterocycles. The predicted molar refractivity (Wildman–Crippen MR) is 74.1 cm³/mol. The van der Waals surface area contributed by atoms with Gasteiger partial charge in [0.15, 0.2) is 0 Å². The topological polar surface area (TPSA) is 115 Å². The second-order valence-electron chi connectivity index (χ2n) is 4.44. The first-order chi connectivity index (χ1) is 8.74. The van der Waals surface area contributed by atoms with Crippen LogP contribution in [0.15, 0.2) is 23.1 Å². The molecule has 1 aromatic rings. The molecule has 106 valence electrons. The van der Waals surface area contributed by atoms with Crippen LogP contribution in [-0.4, -0.2) is 20.4 Å². The Morgan fingerprint density at radius 3 is 2.58 bits per heavy atom. The van der Waals surface area contributed by atoms with E-state index < -0.39 is 10.0 Å². The molecule has 7 heteroatoms. The van der Waals surface area contributed by atoms with Crippen LogP contribution in [0.25, 0.3) is 0 Å². The van der Waals surface area contributed by atoms with E-state index in [0.717, 1.165) is 5.56 Å². The molecule has 0 bridgehead atoms. The van der Waals surface area contributed by atoms with Gasteiger partial charge in [-0.1, -0.05) is 13.0 Å². The molecule has 5 N–H and O–H groups in total. The molecule has 0 aliphatic rings. The maximum Gasteiger partial charge on any atom is 0.238 e. The van der Waals surface area contributed by atoms with E-state index in [2.05, 4.69) is 5.32 Å². The number of carbonyl (C=O) groups is 1. The van der Waals surface area contributed by atoms with E-state index in [1.807, 2.05) is 6.92 Å². The minimum Gasteiger partial charge on any atom is -0.327 e. The first-order valence-corrected chi connectivity index (χ1v) is 7.47. The Balaban J connectivity index is 2.92. The van der Waals surface area contributed by atoms with Gasteiger partial charge >= 0.3 is 0 Å².